The summed E-state index contributed by atoms with van der Waals surface area (Å²) in [5.41, 5.74) is 8.56. The molecule has 23 heteroatoms. The fourth-order valence-electron chi connectivity index (χ4n) is 9.94. The maximum absolute atomic E-state index is 13.7. The van der Waals surface area contributed by atoms with E-state index >= 15 is 0 Å². The van der Waals surface area contributed by atoms with Gasteiger partial charge in [-0.15, -0.1) is 0 Å². The smallest absolute Gasteiger partial charge is 0.408 e. The molecule has 0 saturated carbocycles. The molecular formula is C54H87N7O14Si2. The average molecular weight is 1110 g/mol. The lowest BCUT2D eigenvalue weighted by atomic mass is 10.1. The minimum Gasteiger partial charge on any atom is -0.464 e. The molecule has 430 valence electrons. The Morgan fingerprint density at radius 3 is 1.55 bits per heavy atom. The number of hydrogen-bond acceptors (Lipinski definition) is 18. The number of esters is 2. The molecule has 0 fully saturated rings. The molecule has 0 bridgehead atoms. The molecule has 5 N–H and O–H groups in total. The summed E-state index contributed by atoms with van der Waals surface area (Å²) in [4.78, 5) is 75.1. The number of hydrogen-bond donors (Lipinski definition) is 4. The third kappa shape index (κ3) is 18.9. The monoisotopic (exact) mass is 1110 g/mol. The van der Waals surface area contributed by atoms with Crippen molar-refractivity contribution in [3.05, 3.63) is 89.4 Å². The van der Waals surface area contributed by atoms with Gasteiger partial charge in [0.25, 0.3) is 5.91 Å². The van der Waals surface area contributed by atoms with Crippen LogP contribution in [0, 0.1) is 0 Å². The van der Waals surface area contributed by atoms with Crippen LogP contribution in [0.3, 0.4) is 0 Å². The van der Waals surface area contributed by atoms with Crippen LogP contribution in [0.4, 0.5) is 9.59 Å². The Morgan fingerprint density at radius 1 is 0.597 bits per heavy atom. The van der Waals surface area contributed by atoms with Crippen molar-refractivity contribution in [2.75, 3.05) is 34.0 Å². The van der Waals surface area contributed by atoms with Crippen molar-refractivity contribution in [2.24, 2.45) is 5.73 Å². The fourth-order valence-corrected chi connectivity index (χ4v) is 20.9. The Labute approximate surface area is 456 Å². The van der Waals surface area contributed by atoms with Gasteiger partial charge in [0.2, 0.25) is 17.7 Å². The van der Waals surface area contributed by atoms with E-state index in [0.717, 1.165) is 5.56 Å². The van der Waals surface area contributed by atoms with E-state index in [1.807, 2.05) is 30.3 Å². The summed E-state index contributed by atoms with van der Waals surface area (Å²) in [6, 6.07) is 7.08. The van der Waals surface area contributed by atoms with Crippen LogP contribution in [0.25, 0.3) is 0 Å². The third-order valence-corrected chi connectivity index (χ3v) is 25.5. The molecule has 0 radical (unpaired) electrons. The Morgan fingerprint density at radius 2 is 1.05 bits per heavy atom. The Kier molecular flexibility index (Phi) is 25.7. The van der Waals surface area contributed by atoms with Crippen LogP contribution in [-0.4, -0.2) is 101 Å². The number of amides is 3. The number of benzene rings is 1. The molecule has 3 aromatic heterocycles. The van der Waals surface area contributed by atoms with Crippen molar-refractivity contribution in [2.45, 2.75) is 187 Å². The molecule has 3 unspecified atom stereocenters. The van der Waals surface area contributed by atoms with Crippen LogP contribution in [0.2, 0.25) is 33.2 Å². The maximum atomic E-state index is 13.7. The Balaban J connectivity index is 0.000000565. The first-order valence-electron chi connectivity index (χ1n) is 26.4. The van der Waals surface area contributed by atoms with Crippen molar-refractivity contribution in [1.29, 1.82) is 0 Å². The summed E-state index contributed by atoms with van der Waals surface area (Å²) in [5, 5.41) is 8.41. The number of ether oxygens (including phenoxy) is 4. The lowest BCUT2D eigenvalue weighted by molar-refractivity contribution is 0.0524. The number of oxazole rings is 3. The number of nitrogens with two attached hydrogens (primary N) is 1. The summed E-state index contributed by atoms with van der Waals surface area (Å²) in [5.74, 6) is -1.40. The number of nitrogens with zero attached hydrogens (tertiary/aromatic N) is 3. The second-order valence-corrected chi connectivity index (χ2v) is 32.7. The number of aromatic nitrogens is 3. The number of rotatable bonds is 27. The van der Waals surface area contributed by atoms with E-state index < -0.39 is 70.4 Å². The molecule has 4 rings (SSSR count). The molecule has 0 aliphatic carbocycles. The molecule has 0 aliphatic heterocycles. The first-order valence-corrected chi connectivity index (χ1v) is 30.7. The summed E-state index contributed by atoms with van der Waals surface area (Å²) in [7, 11) is -1.85. The Hall–Kier alpha value is -5.89. The summed E-state index contributed by atoms with van der Waals surface area (Å²) < 4.78 is 50.0. The van der Waals surface area contributed by atoms with Crippen LogP contribution in [0.15, 0.2) is 62.4 Å². The van der Waals surface area contributed by atoms with E-state index in [1.54, 1.807) is 20.8 Å². The maximum Gasteiger partial charge on any atom is 0.408 e. The second kappa shape index (κ2) is 30.3. The molecule has 3 amide bonds. The fraction of sp³-hybridized carbons (Fsp3) is 0.630. The Bertz CT molecular complexity index is 2410. The van der Waals surface area contributed by atoms with E-state index in [2.05, 4.69) is 119 Å². The van der Waals surface area contributed by atoms with E-state index in [0.29, 0.717) is 54.9 Å². The number of carbonyl (C=O) groups is 5. The van der Waals surface area contributed by atoms with E-state index in [4.69, 9.17) is 42.0 Å². The van der Waals surface area contributed by atoms with Crippen molar-refractivity contribution >= 4 is 46.7 Å². The number of unbranched alkanes of at least 4 members (excludes halogenated alkanes) is 1. The molecule has 0 spiro atoms. The van der Waals surface area contributed by atoms with Gasteiger partial charge in [0.15, 0.2) is 33.7 Å². The van der Waals surface area contributed by atoms with E-state index in [1.165, 1.54) is 33.0 Å². The summed E-state index contributed by atoms with van der Waals surface area (Å²) in [6.45, 7) is 32.3. The lowest BCUT2D eigenvalue weighted by Gasteiger charge is -2.42. The van der Waals surface area contributed by atoms with Gasteiger partial charge in [0.05, 0.1) is 27.4 Å². The number of alkyl carbamates (subject to hydrolysis) is 2. The van der Waals surface area contributed by atoms with E-state index in [-0.39, 0.29) is 58.7 Å². The van der Waals surface area contributed by atoms with Crippen molar-refractivity contribution < 1.29 is 65.0 Å². The predicted octanol–water partition coefficient (Wildman–Crippen LogP) is 11.4. The van der Waals surface area contributed by atoms with Crippen LogP contribution in [0.5, 0.6) is 0 Å². The SMILES string of the molecule is COC(=O)c1coc(C(CO[Si](C(C)C)(C(C)C)C(C)C)NC(=O)c2coc(C(CCCCNC(=O)OC(C)(C)C)NC(=O)OCc3ccccc3)n2)n1.COC(=O)c1coc(C(N)CO[Si](C(C)C)(C(C)C)C(C)C)n1. The highest BCUT2D eigenvalue weighted by Crippen LogP contribution is 2.44. The first-order chi connectivity index (χ1) is 36.1. The zero-order valence-corrected chi connectivity index (χ0v) is 50.4. The van der Waals surface area contributed by atoms with Crippen LogP contribution in [-0.2, 0) is 34.4 Å². The molecule has 0 aliphatic rings. The molecule has 4 aromatic rings. The van der Waals surface area contributed by atoms with Gasteiger partial charge < -0.3 is 62.7 Å². The predicted molar refractivity (Wildman–Crippen MR) is 294 cm³/mol. The van der Waals surface area contributed by atoms with Gasteiger partial charge in [0, 0.05) is 6.54 Å². The van der Waals surface area contributed by atoms with Gasteiger partial charge in [-0.1, -0.05) is 113 Å². The van der Waals surface area contributed by atoms with Crippen molar-refractivity contribution in [1.82, 2.24) is 30.9 Å². The van der Waals surface area contributed by atoms with Gasteiger partial charge in [-0.25, -0.2) is 34.1 Å². The highest BCUT2D eigenvalue weighted by molar-refractivity contribution is 6.78. The standard InChI is InChI=1S/C38H57N5O10Si.C16H30N2O4Si/c1-24(2)54(25(3)4,26(5)6)52-23-30(34-42-31(22-50-34)35(45)48-10)40-32(44)29-21-49-33(41-29)28(18-14-15-19-39-36(46)53-38(7,8)9)43-37(47)51-20-27-16-12-11-13-17-27;1-10(2)23(11(3)4,12(5)6)22-8-13(17)15-18-14(9-21-15)16(19)20-7/h11-13,16-17,21-22,24-26,28,30H,14-15,18-20,23H2,1-10H3,(H,39,46)(H,40,44)(H,43,47);9-13H,8,17H2,1-7H3. The quantitative estimate of drug-likeness (QED) is 0.0187. The molecule has 0 saturated heterocycles. The summed E-state index contributed by atoms with van der Waals surface area (Å²) in [6.07, 6.45) is 3.87. The highest BCUT2D eigenvalue weighted by Gasteiger charge is 2.47. The molecule has 77 heavy (non-hydrogen) atoms. The van der Waals surface area contributed by atoms with E-state index in [9.17, 15) is 24.0 Å². The number of carbonyl (C=O) groups excluding carboxylic acids is 5. The highest BCUT2D eigenvalue weighted by atomic mass is 28.4. The van der Waals surface area contributed by atoms with Gasteiger partial charge >= 0.3 is 24.1 Å². The minimum atomic E-state index is -2.40. The normalized spacial score (nSPS) is 13.3. The zero-order chi connectivity index (χ0) is 57.8. The number of methoxy groups -OCH3 is 2. The molecule has 21 nitrogen and oxygen atoms in total. The minimum absolute atomic E-state index is 0.0348. The average Bonchev–Trinajstić information content (AvgIpc) is 4.17. The number of nitrogens with one attached hydrogen (secondary N) is 3. The van der Waals surface area contributed by atoms with Crippen molar-refractivity contribution in [3.63, 3.8) is 0 Å². The van der Waals surface area contributed by atoms with Gasteiger partial charge in [-0.2, -0.15) is 0 Å². The van der Waals surface area contributed by atoms with Gasteiger partial charge in [-0.05, 0) is 78.8 Å². The molecule has 3 heterocycles. The zero-order valence-electron chi connectivity index (χ0n) is 48.4. The van der Waals surface area contributed by atoms with Gasteiger partial charge in [-0.3, -0.25) is 4.79 Å². The third-order valence-electron chi connectivity index (χ3n) is 13.3. The van der Waals surface area contributed by atoms with Crippen LogP contribution < -0.4 is 21.7 Å². The summed E-state index contributed by atoms with van der Waals surface area (Å²) >= 11 is 0. The van der Waals surface area contributed by atoms with Crippen LogP contribution >= 0.6 is 0 Å². The van der Waals surface area contributed by atoms with Crippen LogP contribution in [0.1, 0.15) is 196 Å². The largest absolute Gasteiger partial charge is 0.464 e. The van der Waals surface area contributed by atoms with Gasteiger partial charge in [0.1, 0.15) is 49.1 Å². The molecular weight excluding hydrogens is 1030 g/mol. The topological polar surface area (TPSA) is 281 Å². The second-order valence-electron chi connectivity index (χ2n) is 21.8. The first kappa shape index (κ1) is 65.4. The molecule has 1 aromatic carbocycles. The molecule has 3 atom stereocenters. The lowest BCUT2D eigenvalue weighted by Crippen LogP contribution is -2.49. The van der Waals surface area contributed by atoms with Crippen molar-refractivity contribution in [3.8, 4) is 0 Å².